The lowest BCUT2D eigenvalue weighted by molar-refractivity contribution is 0.388. The molecule has 0 spiro atoms. The zero-order valence-electron chi connectivity index (χ0n) is 13.8. The predicted octanol–water partition coefficient (Wildman–Crippen LogP) is 4.12. The van der Waals surface area contributed by atoms with Gasteiger partial charge in [-0.2, -0.15) is 5.26 Å². The molecule has 0 bridgehead atoms. The van der Waals surface area contributed by atoms with Gasteiger partial charge in [-0.25, -0.2) is 4.98 Å². The Bertz CT molecular complexity index is 1130. The number of aromatic nitrogens is 1. The number of nitrogens with two attached hydrogens (primary N) is 1. The van der Waals surface area contributed by atoms with E-state index in [1.165, 1.54) is 12.1 Å². The normalized spacial score (nSPS) is 16.1. The summed E-state index contributed by atoms with van der Waals surface area (Å²) < 4.78 is 5.53. The molecule has 1 unspecified atom stereocenters. The van der Waals surface area contributed by atoms with Crippen LogP contribution in [-0.4, -0.2) is 10.1 Å². The van der Waals surface area contributed by atoms with Gasteiger partial charge in [-0.3, -0.25) is 0 Å². The van der Waals surface area contributed by atoms with Gasteiger partial charge in [-0.05, 0) is 31.2 Å². The molecule has 3 N–H and O–H groups in total. The summed E-state index contributed by atoms with van der Waals surface area (Å²) in [7, 11) is 0. The molecule has 128 valence electrons. The molecule has 3 aromatic rings. The van der Waals surface area contributed by atoms with Crippen molar-refractivity contribution in [3.05, 3.63) is 75.8 Å². The van der Waals surface area contributed by atoms with Crippen molar-refractivity contribution < 1.29 is 9.84 Å². The van der Waals surface area contributed by atoms with Gasteiger partial charge in [0.15, 0.2) is 0 Å². The van der Waals surface area contributed by atoms with Crippen LogP contribution in [0.2, 0.25) is 5.15 Å². The van der Waals surface area contributed by atoms with Crippen molar-refractivity contribution in [2.45, 2.75) is 12.8 Å². The maximum Gasteiger partial charge on any atom is 0.205 e. The first-order valence-corrected chi connectivity index (χ1v) is 8.33. The summed E-state index contributed by atoms with van der Waals surface area (Å²) in [6.07, 6.45) is 0. The fourth-order valence-corrected chi connectivity index (χ4v) is 3.51. The first-order chi connectivity index (χ1) is 12.5. The maximum atomic E-state index is 9.74. The third-order valence-electron chi connectivity index (χ3n) is 4.46. The fourth-order valence-electron chi connectivity index (χ4n) is 3.25. The molecule has 6 heteroatoms. The van der Waals surface area contributed by atoms with Crippen LogP contribution in [0.15, 0.2) is 53.9 Å². The largest absolute Gasteiger partial charge is 0.508 e. The smallest absolute Gasteiger partial charge is 0.205 e. The Balaban J connectivity index is 2.00. The number of ether oxygens (including phenoxy) is 1. The number of hydrogen-bond donors (Lipinski definition) is 2. The number of benzene rings is 2. The number of nitriles is 1. The molecule has 2 aromatic carbocycles. The summed E-state index contributed by atoms with van der Waals surface area (Å²) in [5.74, 6) is -0.0776. The van der Waals surface area contributed by atoms with Gasteiger partial charge in [0.2, 0.25) is 5.88 Å². The van der Waals surface area contributed by atoms with E-state index < -0.39 is 5.92 Å². The molecular formula is C20H14ClN3O2. The molecule has 1 atom stereocenters. The van der Waals surface area contributed by atoms with Crippen LogP contribution < -0.4 is 10.5 Å². The van der Waals surface area contributed by atoms with Crippen molar-refractivity contribution in [1.29, 1.82) is 5.26 Å². The monoisotopic (exact) mass is 363 g/mol. The minimum Gasteiger partial charge on any atom is -0.508 e. The highest BCUT2D eigenvalue weighted by Crippen LogP contribution is 2.45. The lowest BCUT2D eigenvalue weighted by Gasteiger charge is -2.27. The summed E-state index contributed by atoms with van der Waals surface area (Å²) in [6.45, 7) is 2.00. The van der Waals surface area contributed by atoms with Gasteiger partial charge in [-0.15, -0.1) is 0 Å². The number of allylic oxidation sites excluding steroid dienone is 1. The Hall–Kier alpha value is -3.23. The molecular weight excluding hydrogens is 350 g/mol. The Morgan fingerprint density at radius 3 is 2.77 bits per heavy atom. The maximum absolute atomic E-state index is 9.74. The minimum atomic E-state index is -0.519. The standard InChI is InChI=1S/C20H14ClN3O2/c1-10-2-5-16-11(6-10)7-14(19(21)24-16)18-13-4-3-12(25)8-17(13)26-20(23)15(18)9-22/h2-8,18,25H,23H2,1H3. The second-order valence-electron chi connectivity index (χ2n) is 6.21. The highest BCUT2D eigenvalue weighted by atomic mass is 35.5. The van der Waals surface area contributed by atoms with Crippen LogP contribution in [0.5, 0.6) is 11.5 Å². The molecule has 0 aliphatic carbocycles. The number of pyridine rings is 1. The van der Waals surface area contributed by atoms with Crippen LogP contribution in [0.4, 0.5) is 0 Å². The number of fused-ring (bicyclic) bond motifs is 2. The van der Waals surface area contributed by atoms with Crippen molar-refractivity contribution in [3.8, 4) is 17.6 Å². The van der Waals surface area contributed by atoms with Crippen molar-refractivity contribution in [3.63, 3.8) is 0 Å². The lowest BCUT2D eigenvalue weighted by atomic mass is 9.83. The minimum absolute atomic E-state index is 0.00370. The van der Waals surface area contributed by atoms with Gasteiger partial charge < -0.3 is 15.6 Å². The Morgan fingerprint density at radius 1 is 1.19 bits per heavy atom. The van der Waals surface area contributed by atoms with E-state index in [-0.39, 0.29) is 17.2 Å². The molecule has 1 aromatic heterocycles. The Labute approximate surface area is 154 Å². The summed E-state index contributed by atoms with van der Waals surface area (Å²) in [4.78, 5) is 4.48. The molecule has 0 saturated carbocycles. The number of aromatic hydroxyl groups is 1. The summed E-state index contributed by atoms with van der Waals surface area (Å²) in [5, 5.41) is 20.6. The fraction of sp³-hybridized carbons (Fsp3) is 0.100. The highest BCUT2D eigenvalue weighted by Gasteiger charge is 2.32. The average Bonchev–Trinajstić information content (AvgIpc) is 2.60. The van der Waals surface area contributed by atoms with Crippen LogP contribution in [-0.2, 0) is 0 Å². The number of hydrogen-bond acceptors (Lipinski definition) is 5. The van der Waals surface area contributed by atoms with E-state index in [0.717, 1.165) is 16.5 Å². The summed E-state index contributed by atoms with van der Waals surface area (Å²) in [6, 6.07) is 14.7. The van der Waals surface area contributed by atoms with Crippen LogP contribution in [0.25, 0.3) is 10.9 Å². The lowest BCUT2D eigenvalue weighted by Crippen LogP contribution is -2.21. The topological polar surface area (TPSA) is 92.2 Å². The molecule has 5 nitrogen and oxygen atoms in total. The SMILES string of the molecule is Cc1ccc2nc(Cl)c(C3C(C#N)=C(N)Oc4cc(O)ccc43)cc2c1. The molecule has 1 aliphatic heterocycles. The van der Waals surface area contributed by atoms with Gasteiger partial charge in [0.25, 0.3) is 0 Å². The van der Waals surface area contributed by atoms with E-state index in [4.69, 9.17) is 22.1 Å². The molecule has 26 heavy (non-hydrogen) atoms. The second kappa shape index (κ2) is 5.94. The molecule has 0 amide bonds. The van der Waals surface area contributed by atoms with Gasteiger partial charge in [-0.1, -0.05) is 29.3 Å². The number of phenolic OH excluding ortho intramolecular Hbond substituents is 1. The molecule has 0 radical (unpaired) electrons. The first kappa shape index (κ1) is 16.2. The van der Waals surface area contributed by atoms with E-state index in [0.29, 0.717) is 22.0 Å². The molecule has 4 rings (SSSR count). The van der Waals surface area contributed by atoms with Gasteiger partial charge >= 0.3 is 0 Å². The summed E-state index contributed by atoms with van der Waals surface area (Å²) >= 11 is 6.47. The Morgan fingerprint density at radius 2 is 2.00 bits per heavy atom. The first-order valence-electron chi connectivity index (χ1n) is 7.95. The quantitative estimate of drug-likeness (QED) is 0.634. The number of nitrogens with zero attached hydrogens (tertiary/aromatic N) is 2. The van der Waals surface area contributed by atoms with Gasteiger partial charge in [0, 0.05) is 22.6 Å². The third kappa shape index (κ3) is 2.52. The van der Waals surface area contributed by atoms with E-state index in [9.17, 15) is 10.4 Å². The molecule has 0 saturated heterocycles. The van der Waals surface area contributed by atoms with Crippen LogP contribution in [0.3, 0.4) is 0 Å². The van der Waals surface area contributed by atoms with Crippen molar-refractivity contribution in [1.82, 2.24) is 4.98 Å². The Kier molecular flexibility index (Phi) is 3.71. The van der Waals surface area contributed by atoms with Crippen molar-refractivity contribution in [2.75, 3.05) is 0 Å². The third-order valence-corrected chi connectivity index (χ3v) is 4.77. The van der Waals surface area contributed by atoms with Crippen molar-refractivity contribution in [2.24, 2.45) is 5.73 Å². The number of halogens is 1. The average molecular weight is 364 g/mol. The zero-order chi connectivity index (χ0) is 18.4. The van der Waals surface area contributed by atoms with E-state index in [2.05, 4.69) is 11.1 Å². The van der Waals surface area contributed by atoms with Crippen molar-refractivity contribution >= 4 is 22.5 Å². The van der Waals surface area contributed by atoms with E-state index >= 15 is 0 Å². The van der Waals surface area contributed by atoms with E-state index in [1.807, 2.05) is 31.2 Å². The van der Waals surface area contributed by atoms with Crippen LogP contribution >= 0.6 is 11.6 Å². The number of phenols is 1. The summed E-state index contributed by atoms with van der Waals surface area (Å²) in [5.41, 5.74) is 9.46. The van der Waals surface area contributed by atoms with Crippen LogP contribution in [0, 0.1) is 18.3 Å². The second-order valence-corrected chi connectivity index (χ2v) is 6.57. The number of rotatable bonds is 1. The molecule has 2 heterocycles. The van der Waals surface area contributed by atoms with Gasteiger partial charge in [0.05, 0.1) is 11.4 Å². The highest BCUT2D eigenvalue weighted by molar-refractivity contribution is 6.30. The predicted molar refractivity (Wildman–Crippen MR) is 98.9 cm³/mol. The zero-order valence-corrected chi connectivity index (χ0v) is 14.6. The molecule has 0 fully saturated rings. The molecule has 1 aliphatic rings. The van der Waals surface area contributed by atoms with Crippen LogP contribution in [0.1, 0.15) is 22.6 Å². The number of aryl methyl sites for hydroxylation is 1. The van der Waals surface area contributed by atoms with E-state index in [1.54, 1.807) is 6.07 Å². The van der Waals surface area contributed by atoms with Gasteiger partial charge in [0.1, 0.15) is 28.3 Å².